The summed E-state index contributed by atoms with van der Waals surface area (Å²) in [6, 6.07) is 14.1. The third-order valence-electron chi connectivity index (χ3n) is 3.41. The van der Waals surface area contributed by atoms with E-state index in [0.717, 1.165) is 5.56 Å². The van der Waals surface area contributed by atoms with Crippen LogP contribution in [0.2, 0.25) is 5.02 Å². The van der Waals surface area contributed by atoms with E-state index in [2.05, 4.69) is 15.8 Å². The molecular weight excluding hydrogens is 342 g/mol. The maximum absolute atomic E-state index is 11.9. The minimum atomic E-state index is -0.848. The molecule has 2 N–H and O–H groups in total. The summed E-state index contributed by atoms with van der Waals surface area (Å²) < 4.78 is 5.05. The fourth-order valence-corrected chi connectivity index (χ4v) is 2.33. The van der Waals surface area contributed by atoms with E-state index in [0.29, 0.717) is 16.3 Å². The molecule has 2 amide bonds. The second-order valence-electron chi connectivity index (χ2n) is 5.20. The van der Waals surface area contributed by atoms with Crippen molar-refractivity contribution in [3.05, 3.63) is 64.7 Å². The maximum atomic E-state index is 11.9. The maximum Gasteiger partial charge on any atom is 0.329 e. The number of rotatable bonds is 5. The minimum absolute atomic E-state index is 0.288. The lowest BCUT2D eigenvalue weighted by atomic mass is 10.1. The lowest BCUT2D eigenvalue weighted by molar-refractivity contribution is -0.139. The molecule has 7 heteroatoms. The second kappa shape index (κ2) is 8.84. The predicted octanol–water partition coefficient (Wildman–Crippen LogP) is 2.68. The molecule has 1 atom stereocenters. The predicted molar refractivity (Wildman–Crippen MR) is 96.7 cm³/mol. The summed E-state index contributed by atoms with van der Waals surface area (Å²) in [6.07, 6.45) is 1.39. The summed E-state index contributed by atoms with van der Waals surface area (Å²) in [5, 5.41) is 6.78. The largest absolute Gasteiger partial charge is 0.495 e. The molecule has 2 aromatic carbocycles. The van der Waals surface area contributed by atoms with Gasteiger partial charge in [-0.05, 0) is 36.2 Å². The highest BCUT2D eigenvalue weighted by molar-refractivity contribution is 6.35. The monoisotopic (exact) mass is 359 g/mol. The topological polar surface area (TPSA) is 79.8 Å². The quantitative estimate of drug-likeness (QED) is 0.489. The lowest BCUT2D eigenvalue weighted by Gasteiger charge is -2.13. The van der Waals surface area contributed by atoms with E-state index in [-0.39, 0.29) is 6.04 Å². The number of hydrogen-bond acceptors (Lipinski definition) is 4. The molecule has 0 aromatic heterocycles. The number of halogens is 1. The lowest BCUT2D eigenvalue weighted by Crippen LogP contribution is -2.39. The van der Waals surface area contributed by atoms with Crippen molar-refractivity contribution in [1.82, 2.24) is 10.7 Å². The van der Waals surface area contributed by atoms with Crippen molar-refractivity contribution in [2.24, 2.45) is 5.10 Å². The molecule has 0 spiro atoms. The van der Waals surface area contributed by atoms with E-state index < -0.39 is 11.8 Å². The highest BCUT2D eigenvalue weighted by Gasteiger charge is 2.16. The van der Waals surface area contributed by atoms with E-state index in [1.54, 1.807) is 25.1 Å². The molecule has 0 saturated carbocycles. The molecule has 0 aliphatic heterocycles. The van der Waals surface area contributed by atoms with Gasteiger partial charge in [0, 0.05) is 0 Å². The molecule has 0 bridgehead atoms. The van der Waals surface area contributed by atoms with Crippen LogP contribution < -0.4 is 15.5 Å². The molecule has 25 heavy (non-hydrogen) atoms. The van der Waals surface area contributed by atoms with Gasteiger partial charge < -0.3 is 10.1 Å². The Bertz CT molecular complexity index is 778. The van der Waals surface area contributed by atoms with Gasteiger partial charge in [0.15, 0.2) is 0 Å². The average molecular weight is 360 g/mol. The van der Waals surface area contributed by atoms with Crippen LogP contribution in [0, 0.1) is 0 Å². The van der Waals surface area contributed by atoms with Crippen molar-refractivity contribution >= 4 is 29.6 Å². The molecular formula is C18H18ClN3O3. The van der Waals surface area contributed by atoms with Crippen molar-refractivity contribution in [3.63, 3.8) is 0 Å². The Balaban J connectivity index is 1.89. The first-order chi connectivity index (χ1) is 12.0. The number of amides is 2. The first-order valence-electron chi connectivity index (χ1n) is 7.53. The highest BCUT2D eigenvalue weighted by Crippen LogP contribution is 2.24. The van der Waals surface area contributed by atoms with E-state index in [1.165, 1.54) is 13.3 Å². The fourth-order valence-electron chi connectivity index (χ4n) is 2.07. The molecule has 2 rings (SSSR count). The van der Waals surface area contributed by atoms with Gasteiger partial charge in [-0.15, -0.1) is 0 Å². The first kappa shape index (κ1) is 18.5. The van der Waals surface area contributed by atoms with Crippen LogP contribution in [0.15, 0.2) is 53.6 Å². The number of nitrogens with one attached hydrogen (secondary N) is 2. The summed E-state index contributed by atoms with van der Waals surface area (Å²) in [5.74, 6) is -1.07. The summed E-state index contributed by atoms with van der Waals surface area (Å²) in [5.41, 5.74) is 3.74. The molecule has 0 aliphatic carbocycles. The van der Waals surface area contributed by atoms with E-state index >= 15 is 0 Å². The standard InChI is InChI=1S/C18H18ClN3O3/c1-12(14-6-4-3-5-7-14)21-17(23)18(24)22-20-11-13-8-9-16(25-2)15(19)10-13/h3-12H,1-2H3,(H,21,23)(H,22,24)/b20-11-/t12-/m0/s1. The van der Waals surface area contributed by atoms with Crippen LogP contribution in [0.1, 0.15) is 24.1 Å². The van der Waals surface area contributed by atoms with Crippen LogP contribution in [0.25, 0.3) is 0 Å². The third kappa shape index (κ3) is 5.32. The van der Waals surface area contributed by atoms with Crippen LogP contribution >= 0.6 is 11.6 Å². The van der Waals surface area contributed by atoms with Crippen molar-refractivity contribution in [1.29, 1.82) is 0 Å². The van der Waals surface area contributed by atoms with Crippen LogP contribution in [-0.4, -0.2) is 25.1 Å². The van der Waals surface area contributed by atoms with Crippen molar-refractivity contribution < 1.29 is 14.3 Å². The molecule has 0 heterocycles. The molecule has 0 aliphatic rings. The number of hydrazone groups is 1. The number of carbonyl (C=O) groups excluding carboxylic acids is 2. The zero-order valence-electron chi connectivity index (χ0n) is 13.8. The Hall–Kier alpha value is -2.86. The first-order valence-corrected chi connectivity index (χ1v) is 7.91. The Morgan fingerprint density at radius 3 is 2.52 bits per heavy atom. The van der Waals surface area contributed by atoms with Crippen molar-refractivity contribution in [3.8, 4) is 5.75 Å². The van der Waals surface area contributed by atoms with Crippen molar-refractivity contribution in [2.45, 2.75) is 13.0 Å². The van der Waals surface area contributed by atoms with Gasteiger partial charge in [0.1, 0.15) is 5.75 Å². The van der Waals surface area contributed by atoms with Crippen LogP contribution in [0.5, 0.6) is 5.75 Å². The Morgan fingerprint density at radius 2 is 1.88 bits per heavy atom. The van der Waals surface area contributed by atoms with Gasteiger partial charge in [0.2, 0.25) is 0 Å². The average Bonchev–Trinajstić information content (AvgIpc) is 2.62. The summed E-state index contributed by atoms with van der Waals surface area (Å²) in [4.78, 5) is 23.7. The molecule has 0 radical (unpaired) electrons. The Kier molecular flexibility index (Phi) is 6.54. The van der Waals surface area contributed by atoms with Gasteiger partial charge in [0.05, 0.1) is 24.4 Å². The molecule has 0 unspecified atom stereocenters. The third-order valence-corrected chi connectivity index (χ3v) is 3.70. The zero-order valence-corrected chi connectivity index (χ0v) is 14.6. The van der Waals surface area contributed by atoms with E-state index in [4.69, 9.17) is 16.3 Å². The SMILES string of the molecule is COc1ccc(/C=N\NC(=O)C(=O)N[C@@H](C)c2ccccc2)cc1Cl. The van der Waals surface area contributed by atoms with Gasteiger partial charge in [0.25, 0.3) is 0 Å². The number of carbonyl (C=O) groups is 2. The Morgan fingerprint density at radius 1 is 1.16 bits per heavy atom. The molecule has 0 fully saturated rings. The second-order valence-corrected chi connectivity index (χ2v) is 5.61. The zero-order chi connectivity index (χ0) is 18.2. The van der Waals surface area contributed by atoms with Crippen LogP contribution in [-0.2, 0) is 9.59 Å². The highest BCUT2D eigenvalue weighted by atomic mass is 35.5. The van der Waals surface area contributed by atoms with Gasteiger partial charge in [-0.3, -0.25) is 9.59 Å². The van der Waals surface area contributed by atoms with Crippen LogP contribution in [0.3, 0.4) is 0 Å². The summed E-state index contributed by atoms with van der Waals surface area (Å²) in [6.45, 7) is 1.79. The molecule has 2 aromatic rings. The number of hydrogen-bond donors (Lipinski definition) is 2. The summed E-state index contributed by atoms with van der Waals surface area (Å²) in [7, 11) is 1.52. The van der Waals surface area contributed by atoms with E-state index in [1.807, 2.05) is 30.3 Å². The normalized spacial score (nSPS) is 11.8. The minimum Gasteiger partial charge on any atom is -0.495 e. The number of nitrogens with zero attached hydrogens (tertiary/aromatic N) is 1. The van der Waals surface area contributed by atoms with Crippen LogP contribution in [0.4, 0.5) is 0 Å². The van der Waals surface area contributed by atoms with Gasteiger partial charge >= 0.3 is 11.8 Å². The summed E-state index contributed by atoms with van der Waals surface area (Å²) >= 11 is 6.00. The molecule has 130 valence electrons. The number of ether oxygens (including phenoxy) is 1. The Labute approximate surface area is 150 Å². The van der Waals surface area contributed by atoms with Crippen molar-refractivity contribution in [2.75, 3.05) is 7.11 Å². The number of methoxy groups -OCH3 is 1. The smallest absolute Gasteiger partial charge is 0.329 e. The molecule has 6 nitrogen and oxygen atoms in total. The van der Waals surface area contributed by atoms with Gasteiger partial charge in [-0.25, -0.2) is 5.43 Å². The fraction of sp³-hybridized carbons (Fsp3) is 0.167. The number of benzene rings is 2. The van der Waals surface area contributed by atoms with E-state index in [9.17, 15) is 9.59 Å². The molecule has 0 saturated heterocycles. The van der Waals surface area contributed by atoms with Gasteiger partial charge in [-0.1, -0.05) is 41.9 Å². The van der Waals surface area contributed by atoms with Gasteiger partial charge in [-0.2, -0.15) is 5.10 Å².